The number of aromatic amines is 1. The average molecular weight is 294 g/mol. The van der Waals surface area contributed by atoms with Crippen molar-refractivity contribution in [3.8, 4) is 5.75 Å². The van der Waals surface area contributed by atoms with Crippen LogP contribution in [0.15, 0.2) is 24.3 Å². The Balaban J connectivity index is 2.19. The van der Waals surface area contributed by atoms with Crippen LogP contribution in [0.3, 0.4) is 0 Å². The molecule has 0 unspecified atom stereocenters. The molecule has 6 heteroatoms. The van der Waals surface area contributed by atoms with E-state index in [0.29, 0.717) is 28.1 Å². The molecule has 1 aromatic heterocycles. The van der Waals surface area contributed by atoms with Crippen LogP contribution >= 0.6 is 11.6 Å². The second-order valence-electron chi connectivity index (χ2n) is 4.66. The molecule has 0 radical (unpaired) electrons. The van der Waals surface area contributed by atoms with Gasteiger partial charge in [0.15, 0.2) is 5.82 Å². The third-order valence-corrected chi connectivity index (χ3v) is 3.10. The number of halogens is 1. The number of aromatic nitrogens is 2. The number of carbonyl (C=O) groups excluding carboxylic acids is 1. The maximum atomic E-state index is 12.2. The molecule has 0 saturated heterocycles. The number of rotatable bonds is 4. The maximum absolute atomic E-state index is 12.2. The van der Waals surface area contributed by atoms with Gasteiger partial charge in [0, 0.05) is 16.8 Å². The maximum Gasteiger partial charge on any atom is 0.260 e. The quantitative estimate of drug-likeness (QED) is 0.907. The Bertz CT molecular complexity index is 623. The molecule has 0 aliphatic carbocycles. The molecule has 0 saturated carbocycles. The lowest BCUT2D eigenvalue weighted by Gasteiger charge is -2.08. The number of benzene rings is 1. The Morgan fingerprint density at radius 2 is 2.15 bits per heavy atom. The molecule has 1 aromatic carbocycles. The molecule has 2 N–H and O–H groups in total. The third-order valence-electron chi connectivity index (χ3n) is 2.87. The van der Waals surface area contributed by atoms with Gasteiger partial charge in [-0.25, -0.2) is 0 Å². The summed E-state index contributed by atoms with van der Waals surface area (Å²) in [7, 11) is 1.49. The first-order valence-electron chi connectivity index (χ1n) is 6.21. The Morgan fingerprint density at radius 1 is 1.40 bits per heavy atom. The topological polar surface area (TPSA) is 67.0 Å². The van der Waals surface area contributed by atoms with Crippen LogP contribution in [0, 0.1) is 0 Å². The number of carbonyl (C=O) groups is 1. The zero-order chi connectivity index (χ0) is 14.7. The van der Waals surface area contributed by atoms with Gasteiger partial charge in [-0.1, -0.05) is 25.4 Å². The van der Waals surface area contributed by atoms with Crippen LogP contribution in [0.2, 0.25) is 5.02 Å². The number of nitrogens with one attached hydrogen (secondary N) is 2. The van der Waals surface area contributed by atoms with Gasteiger partial charge < -0.3 is 10.1 Å². The molecule has 0 spiro atoms. The number of H-pyrrole nitrogens is 1. The smallest absolute Gasteiger partial charge is 0.260 e. The molecule has 0 aliphatic heterocycles. The molecular weight excluding hydrogens is 278 g/mol. The van der Waals surface area contributed by atoms with E-state index >= 15 is 0 Å². The molecule has 5 nitrogen and oxygen atoms in total. The molecule has 0 atom stereocenters. The first-order chi connectivity index (χ1) is 9.51. The van der Waals surface area contributed by atoms with Crippen molar-refractivity contribution >= 4 is 23.3 Å². The van der Waals surface area contributed by atoms with E-state index in [1.54, 1.807) is 18.2 Å². The zero-order valence-electron chi connectivity index (χ0n) is 11.5. The van der Waals surface area contributed by atoms with Gasteiger partial charge in [-0.15, -0.1) is 0 Å². The van der Waals surface area contributed by atoms with E-state index in [-0.39, 0.29) is 5.91 Å². The van der Waals surface area contributed by atoms with Crippen LogP contribution in [0.4, 0.5) is 5.82 Å². The van der Waals surface area contributed by atoms with Crippen molar-refractivity contribution in [1.82, 2.24) is 10.2 Å². The van der Waals surface area contributed by atoms with Crippen LogP contribution in [-0.4, -0.2) is 23.2 Å². The molecule has 2 rings (SSSR count). The highest BCUT2D eigenvalue weighted by atomic mass is 35.5. The summed E-state index contributed by atoms with van der Waals surface area (Å²) < 4.78 is 5.15. The largest absolute Gasteiger partial charge is 0.496 e. The van der Waals surface area contributed by atoms with E-state index in [1.807, 2.05) is 19.9 Å². The lowest BCUT2D eigenvalue weighted by atomic mass is 10.1. The van der Waals surface area contributed by atoms with E-state index in [2.05, 4.69) is 15.5 Å². The number of ether oxygens (including phenoxy) is 1. The van der Waals surface area contributed by atoms with Crippen molar-refractivity contribution in [2.45, 2.75) is 19.8 Å². The van der Waals surface area contributed by atoms with Gasteiger partial charge in [-0.2, -0.15) is 5.10 Å². The van der Waals surface area contributed by atoms with Crippen LogP contribution in [0.25, 0.3) is 0 Å². The van der Waals surface area contributed by atoms with Crippen LogP contribution in [0.1, 0.15) is 35.8 Å². The highest BCUT2D eigenvalue weighted by Crippen LogP contribution is 2.24. The molecule has 106 valence electrons. The third kappa shape index (κ3) is 3.11. The van der Waals surface area contributed by atoms with Gasteiger partial charge in [0.1, 0.15) is 5.75 Å². The van der Waals surface area contributed by atoms with E-state index in [1.165, 1.54) is 7.11 Å². The second kappa shape index (κ2) is 5.96. The van der Waals surface area contributed by atoms with Gasteiger partial charge >= 0.3 is 0 Å². The molecule has 1 amide bonds. The Labute approximate surface area is 122 Å². The van der Waals surface area contributed by atoms with Crippen molar-refractivity contribution in [2.75, 3.05) is 12.4 Å². The van der Waals surface area contributed by atoms with Crippen molar-refractivity contribution in [3.63, 3.8) is 0 Å². The highest BCUT2D eigenvalue weighted by molar-refractivity contribution is 6.31. The summed E-state index contributed by atoms with van der Waals surface area (Å²) in [6.07, 6.45) is 0. The van der Waals surface area contributed by atoms with Crippen LogP contribution < -0.4 is 10.1 Å². The fraction of sp³-hybridized carbons (Fsp3) is 0.286. The molecule has 0 aliphatic rings. The lowest BCUT2D eigenvalue weighted by Crippen LogP contribution is -2.13. The lowest BCUT2D eigenvalue weighted by molar-refractivity contribution is 0.102. The van der Waals surface area contributed by atoms with Gasteiger partial charge in [-0.05, 0) is 24.1 Å². The highest BCUT2D eigenvalue weighted by Gasteiger charge is 2.14. The Morgan fingerprint density at radius 3 is 2.75 bits per heavy atom. The number of amides is 1. The minimum atomic E-state index is -0.291. The van der Waals surface area contributed by atoms with Gasteiger partial charge in [0.05, 0.1) is 12.7 Å². The fourth-order valence-corrected chi connectivity index (χ4v) is 1.89. The molecular formula is C14H16ClN3O2. The monoisotopic (exact) mass is 293 g/mol. The number of nitrogens with zero attached hydrogens (tertiary/aromatic N) is 1. The van der Waals surface area contributed by atoms with Crippen LogP contribution in [0.5, 0.6) is 5.75 Å². The summed E-state index contributed by atoms with van der Waals surface area (Å²) >= 11 is 5.87. The Kier molecular flexibility index (Phi) is 4.29. The predicted molar refractivity (Wildman–Crippen MR) is 78.6 cm³/mol. The first-order valence-corrected chi connectivity index (χ1v) is 6.59. The molecule has 2 aromatic rings. The van der Waals surface area contributed by atoms with Crippen molar-refractivity contribution < 1.29 is 9.53 Å². The number of methoxy groups -OCH3 is 1. The molecule has 20 heavy (non-hydrogen) atoms. The number of hydrogen-bond acceptors (Lipinski definition) is 3. The van der Waals surface area contributed by atoms with Crippen molar-refractivity contribution in [1.29, 1.82) is 0 Å². The molecule has 0 bridgehead atoms. The van der Waals surface area contributed by atoms with E-state index in [0.717, 1.165) is 5.69 Å². The minimum absolute atomic E-state index is 0.291. The van der Waals surface area contributed by atoms with Crippen molar-refractivity contribution in [3.05, 3.63) is 40.5 Å². The van der Waals surface area contributed by atoms with Gasteiger partial charge in [0.25, 0.3) is 5.91 Å². The summed E-state index contributed by atoms with van der Waals surface area (Å²) in [6, 6.07) is 6.67. The molecule has 0 fully saturated rings. The van der Waals surface area contributed by atoms with Gasteiger partial charge in [0.2, 0.25) is 0 Å². The van der Waals surface area contributed by atoms with Gasteiger partial charge in [-0.3, -0.25) is 9.89 Å². The molecule has 1 heterocycles. The zero-order valence-corrected chi connectivity index (χ0v) is 12.3. The summed E-state index contributed by atoms with van der Waals surface area (Å²) in [4.78, 5) is 12.2. The SMILES string of the molecule is COc1cc(Cl)ccc1C(=O)Nc1cc(C(C)C)[nH]n1. The average Bonchev–Trinajstić information content (AvgIpc) is 2.87. The van der Waals surface area contributed by atoms with E-state index in [4.69, 9.17) is 16.3 Å². The second-order valence-corrected chi connectivity index (χ2v) is 5.10. The number of hydrogen-bond donors (Lipinski definition) is 2. The first kappa shape index (κ1) is 14.4. The predicted octanol–water partition coefficient (Wildman–Crippen LogP) is 3.45. The van der Waals surface area contributed by atoms with E-state index in [9.17, 15) is 4.79 Å². The summed E-state index contributed by atoms with van der Waals surface area (Å²) in [5, 5.41) is 10.2. The Hall–Kier alpha value is -2.01. The summed E-state index contributed by atoms with van der Waals surface area (Å²) in [5.74, 6) is 0.934. The standard InChI is InChI=1S/C14H16ClN3O2/c1-8(2)11-7-13(18-17-11)16-14(19)10-5-4-9(15)6-12(10)20-3/h4-8H,1-3H3,(H2,16,17,18,19). The summed E-state index contributed by atoms with van der Waals surface area (Å²) in [5.41, 5.74) is 1.37. The van der Waals surface area contributed by atoms with Crippen LogP contribution in [-0.2, 0) is 0 Å². The number of anilines is 1. The summed E-state index contributed by atoms with van der Waals surface area (Å²) in [6.45, 7) is 4.09. The normalized spacial score (nSPS) is 10.7. The van der Waals surface area contributed by atoms with E-state index < -0.39 is 0 Å². The minimum Gasteiger partial charge on any atom is -0.496 e. The van der Waals surface area contributed by atoms with Crippen molar-refractivity contribution in [2.24, 2.45) is 0 Å². The fourth-order valence-electron chi connectivity index (χ4n) is 1.73.